The molecule has 0 saturated heterocycles. The topological polar surface area (TPSA) is 57.7 Å². The number of benzene rings is 2. The first kappa shape index (κ1) is 18.3. The number of halogens is 1. The van der Waals surface area contributed by atoms with Crippen molar-refractivity contribution in [2.24, 2.45) is 0 Å². The zero-order valence-corrected chi connectivity index (χ0v) is 16.0. The molecule has 3 amide bonds. The molecule has 0 atom stereocenters. The number of nitrogens with zero attached hydrogens (tertiary/aromatic N) is 2. The van der Waals surface area contributed by atoms with E-state index in [1.807, 2.05) is 37.3 Å². The summed E-state index contributed by atoms with van der Waals surface area (Å²) in [5, 5.41) is 0. The summed E-state index contributed by atoms with van der Waals surface area (Å²) >= 11 is 3.32. The van der Waals surface area contributed by atoms with Crippen LogP contribution in [0.5, 0.6) is 0 Å². The van der Waals surface area contributed by atoms with Crippen molar-refractivity contribution >= 4 is 39.3 Å². The van der Waals surface area contributed by atoms with Gasteiger partial charge in [-0.25, -0.2) is 0 Å². The maximum atomic E-state index is 12.5. The van der Waals surface area contributed by atoms with Gasteiger partial charge in [-0.15, -0.1) is 0 Å². The summed E-state index contributed by atoms with van der Waals surface area (Å²) in [5.41, 5.74) is 1.68. The lowest BCUT2D eigenvalue weighted by molar-refractivity contribution is -0.118. The SMILES string of the molecule is CCN(C(=O)CCCN1C(=O)c2ccc(Br)cc2C1=O)c1ccccc1. The van der Waals surface area contributed by atoms with Crippen LogP contribution in [-0.2, 0) is 4.79 Å². The van der Waals surface area contributed by atoms with Crippen LogP contribution in [0, 0.1) is 0 Å². The van der Waals surface area contributed by atoms with E-state index < -0.39 is 0 Å². The van der Waals surface area contributed by atoms with Crippen LogP contribution in [0.15, 0.2) is 53.0 Å². The fourth-order valence-corrected chi connectivity index (χ4v) is 3.46. The highest BCUT2D eigenvalue weighted by atomic mass is 79.9. The van der Waals surface area contributed by atoms with Gasteiger partial charge in [0.15, 0.2) is 0 Å². The first-order valence-electron chi connectivity index (χ1n) is 8.54. The van der Waals surface area contributed by atoms with Crippen LogP contribution in [-0.4, -0.2) is 35.7 Å². The maximum absolute atomic E-state index is 12.5. The highest BCUT2D eigenvalue weighted by molar-refractivity contribution is 9.10. The molecule has 0 saturated carbocycles. The third-order valence-electron chi connectivity index (χ3n) is 4.39. The summed E-state index contributed by atoms with van der Waals surface area (Å²) in [4.78, 5) is 40.3. The van der Waals surface area contributed by atoms with Crippen LogP contribution in [0.2, 0.25) is 0 Å². The van der Waals surface area contributed by atoms with Crippen LogP contribution >= 0.6 is 15.9 Å². The fourth-order valence-electron chi connectivity index (χ4n) is 3.10. The van der Waals surface area contributed by atoms with Crippen molar-refractivity contribution in [3.63, 3.8) is 0 Å². The van der Waals surface area contributed by atoms with Crippen LogP contribution in [0.4, 0.5) is 5.69 Å². The van der Waals surface area contributed by atoms with Gasteiger partial charge in [0.2, 0.25) is 5.91 Å². The van der Waals surface area contributed by atoms with Gasteiger partial charge >= 0.3 is 0 Å². The lowest BCUT2D eigenvalue weighted by Crippen LogP contribution is -2.33. The number of hydrogen-bond acceptors (Lipinski definition) is 3. The molecule has 3 rings (SSSR count). The normalized spacial score (nSPS) is 13.1. The second-order valence-electron chi connectivity index (χ2n) is 6.03. The van der Waals surface area contributed by atoms with E-state index in [0.29, 0.717) is 24.1 Å². The van der Waals surface area contributed by atoms with Crippen LogP contribution in [0.3, 0.4) is 0 Å². The lowest BCUT2D eigenvalue weighted by Gasteiger charge is -2.21. The van der Waals surface area contributed by atoms with E-state index in [0.717, 1.165) is 10.2 Å². The first-order chi connectivity index (χ1) is 12.5. The summed E-state index contributed by atoms with van der Waals surface area (Å²) in [6.07, 6.45) is 0.717. The number of rotatable bonds is 6. The Kier molecular flexibility index (Phi) is 5.52. The number of imide groups is 1. The minimum Gasteiger partial charge on any atom is -0.313 e. The third kappa shape index (κ3) is 3.55. The van der Waals surface area contributed by atoms with Crippen molar-refractivity contribution in [1.82, 2.24) is 4.90 Å². The highest BCUT2D eigenvalue weighted by Gasteiger charge is 2.35. The average molecular weight is 415 g/mol. The summed E-state index contributed by atoms with van der Waals surface area (Å²) < 4.78 is 0.760. The summed E-state index contributed by atoms with van der Waals surface area (Å²) in [6.45, 7) is 2.73. The van der Waals surface area contributed by atoms with Crippen molar-refractivity contribution in [3.8, 4) is 0 Å². The van der Waals surface area contributed by atoms with Gasteiger partial charge in [0.05, 0.1) is 11.1 Å². The number of carbonyl (C=O) groups is 3. The van der Waals surface area contributed by atoms with Gasteiger partial charge in [-0.1, -0.05) is 34.1 Å². The second kappa shape index (κ2) is 7.83. The summed E-state index contributed by atoms with van der Waals surface area (Å²) in [6, 6.07) is 14.5. The Balaban J connectivity index is 1.61. The molecule has 0 radical (unpaired) electrons. The monoisotopic (exact) mass is 414 g/mol. The molecule has 0 aliphatic carbocycles. The predicted molar refractivity (Wildman–Crippen MR) is 103 cm³/mol. The molecule has 5 nitrogen and oxygen atoms in total. The minimum atomic E-state index is -0.297. The van der Waals surface area contributed by atoms with Gasteiger partial charge in [0.25, 0.3) is 11.8 Å². The number of carbonyl (C=O) groups excluding carboxylic acids is 3. The Labute approximate surface area is 160 Å². The smallest absolute Gasteiger partial charge is 0.261 e. The Morgan fingerprint density at radius 1 is 1.04 bits per heavy atom. The first-order valence-corrected chi connectivity index (χ1v) is 9.33. The van der Waals surface area contributed by atoms with Crippen molar-refractivity contribution in [2.45, 2.75) is 19.8 Å². The molecule has 0 fully saturated rings. The Morgan fingerprint density at radius 3 is 2.42 bits per heavy atom. The van der Waals surface area contributed by atoms with Crippen LogP contribution in [0.25, 0.3) is 0 Å². The molecular formula is C20H19BrN2O3. The summed E-state index contributed by atoms with van der Waals surface area (Å²) in [5.74, 6) is -0.604. The predicted octanol–water partition coefficient (Wildman–Crippen LogP) is 3.88. The third-order valence-corrected chi connectivity index (χ3v) is 4.88. The maximum Gasteiger partial charge on any atom is 0.261 e. The standard InChI is InChI=1S/C20H19BrN2O3/c1-2-22(15-7-4-3-5-8-15)18(24)9-6-12-23-19(25)16-11-10-14(21)13-17(16)20(23)26/h3-5,7-8,10-11,13H,2,6,9,12H2,1H3. The van der Waals surface area contributed by atoms with E-state index in [2.05, 4.69) is 15.9 Å². The van der Waals surface area contributed by atoms with E-state index in [1.165, 1.54) is 4.90 Å². The zero-order valence-electron chi connectivity index (χ0n) is 14.4. The van der Waals surface area contributed by atoms with Gasteiger partial charge in [-0.2, -0.15) is 0 Å². The number of hydrogen-bond donors (Lipinski definition) is 0. The number of anilines is 1. The molecule has 0 spiro atoms. The molecule has 2 aromatic rings. The lowest BCUT2D eigenvalue weighted by atomic mass is 10.1. The molecule has 0 bridgehead atoms. The van der Waals surface area contributed by atoms with Crippen molar-refractivity contribution < 1.29 is 14.4 Å². The second-order valence-corrected chi connectivity index (χ2v) is 6.94. The zero-order chi connectivity index (χ0) is 18.7. The molecule has 134 valence electrons. The van der Waals surface area contributed by atoms with Crippen molar-refractivity contribution in [1.29, 1.82) is 0 Å². The van der Waals surface area contributed by atoms with Gasteiger partial charge in [0.1, 0.15) is 0 Å². The molecule has 0 unspecified atom stereocenters. The van der Waals surface area contributed by atoms with E-state index >= 15 is 0 Å². The fraction of sp³-hybridized carbons (Fsp3) is 0.250. The highest BCUT2D eigenvalue weighted by Crippen LogP contribution is 2.26. The van der Waals surface area contributed by atoms with Crippen molar-refractivity contribution in [2.75, 3.05) is 18.0 Å². The van der Waals surface area contributed by atoms with Crippen LogP contribution in [0.1, 0.15) is 40.5 Å². The van der Waals surface area contributed by atoms with E-state index in [4.69, 9.17) is 0 Å². The quantitative estimate of drug-likeness (QED) is 0.673. The minimum absolute atomic E-state index is 0.0157. The molecule has 1 aliphatic heterocycles. The van der Waals surface area contributed by atoms with E-state index in [9.17, 15) is 14.4 Å². The molecule has 0 N–H and O–H groups in total. The molecular weight excluding hydrogens is 396 g/mol. The van der Waals surface area contributed by atoms with E-state index in [-0.39, 0.29) is 30.7 Å². The Bertz CT molecular complexity index is 851. The molecule has 2 aromatic carbocycles. The van der Waals surface area contributed by atoms with Gasteiger partial charge in [-0.05, 0) is 43.7 Å². The van der Waals surface area contributed by atoms with Crippen LogP contribution < -0.4 is 4.90 Å². The Morgan fingerprint density at radius 2 is 1.73 bits per heavy atom. The average Bonchev–Trinajstić information content (AvgIpc) is 2.87. The molecule has 1 aliphatic rings. The number of amides is 3. The Hall–Kier alpha value is -2.47. The molecule has 0 aromatic heterocycles. The molecule has 26 heavy (non-hydrogen) atoms. The summed E-state index contributed by atoms with van der Waals surface area (Å²) in [7, 11) is 0. The van der Waals surface area contributed by atoms with Gasteiger partial charge < -0.3 is 4.90 Å². The number of para-hydroxylation sites is 1. The number of fused-ring (bicyclic) bond motifs is 1. The van der Waals surface area contributed by atoms with Crippen molar-refractivity contribution in [3.05, 3.63) is 64.1 Å². The molecule has 6 heteroatoms. The largest absolute Gasteiger partial charge is 0.313 e. The van der Waals surface area contributed by atoms with Gasteiger partial charge in [-0.3, -0.25) is 19.3 Å². The van der Waals surface area contributed by atoms with Gasteiger partial charge in [0, 0.05) is 29.7 Å². The van der Waals surface area contributed by atoms with E-state index in [1.54, 1.807) is 23.1 Å². The molecule has 1 heterocycles.